The van der Waals surface area contributed by atoms with Crippen molar-refractivity contribution in [2.75, 3.05) is 26.2 Å². The summed E-state index contributed by atoms with van der Waals surface area (Å²) in [5.74, 6) is 0. The smallest absolute Gasteiger partial charge is 0.314 e. The summed E-state index contributed by atoms with van der Waals surface area (Å²) in [6.07, 6.45) is 0. The lowest BCUT2D eigenvalue weighted by molar-refractivity contribution is 0.360. The summed E-state index contributed by atoms with van der Waals surface area (Å²) >= 11 is 0. The fourth-order valence-electron chi connectivity index (χ4n) is 2.68. The third-order valence-electron chi connectivity index (χ3n) is 3.96. The normalized spacial score (nSPS) is 17.4. The summed E-state index contributed by atoms with van der Waals surface area (Å²) in [6.45, 7) is 2.25. The van der Waals surface area contributed by atoms with Crippen LogP contribution in [0.3, 0.4) is 0 Å². The van der Waals surface area contributed by atoms with Gasteiger partial charge in [0.15, 0.2) is 0 Å². The van der Waals surface area contributed by atoms with Gasteiger partial charge >= 0.3 is 5.69 Å². The summed E-state index contributed by atoms with van der Waals surface area (Å²) in [5, 5.41) is 3.13. The van der Waals surface area contributed by atoms with Crippen molar-refractivity contribution >= 4 is 21.1 Å². The molecule has 1 fully saturated rings. The molecule has 1 aromatic carbocycles. The van der Waals surface area contributed by atoms with Crippen molar-refractivity contribution in [1.82, 2.24) is 18.8 Å². The van der Waals surface area contributed by atoms with Gasteiger partial charge in [0.2, 0.25) is 10.0 Å². The van der Waals surface area contributed by atoms with E-state index in [1.54, 1.807) is 32.3 Å². The van der Waals surface area contributed by atoms with E-state index in [9.17, 15) is 13.2 Å². The van der Waals surface area contributed by atoms with E-state index in [2.05, 4.69) is 5.32 Å². The molecule has 1 aliphatic heterocycles. The molecule has 1 N–H and O–H groups in total. The Balaban J connectivity index is 2.12. The Morgan fingerprint density at radius 3 is 2.33 bits per heavy atom. The molecule has 0 atom stereocenters. The highest BCUT2D eigenvalue weighted by atomic mass is 32.2. The lowest BCUT2D eigenvalue weighted by Crippen LogP contribution is -2.46. The lowest BCUT2D eigenvalue weighted by Gasteiger charge is -2.26. The van der Waals surface area contributed by atoms with Gasteiger partial charge in [-0.1, -0.05) is 0 Å². The molecule has 0 unspecified atom stereocenters. The average molecular weight is 310 g/mol. The molecule has 114 valence electrons. The molecule has 8 heteroatoms. The van der Waals surface area contributed by atoms with Crippen molar-refractivity contribution < 1.29 is 8.42 Å². The largest absolute Gasteiger partial charge is 0.328 e. The number of sulfonamides is 1. The molecule has 0 bridgehead atoms. The number of fused-ring (bicyclic) bond motifs is 1. The number of benzene rings is 1. The molecule has 21 heavy (non-hydrogen) atoms. The second-order valence-corrected chi connectivity index (χ2v) is 7.14. The maximum Gasteiger partial charge on any atom is 0.328 e. The number of hydrogen-bond acceptors (Lipinski definition) is 4. The quantitative estimate of drug-likeness (QED) is 0.809. The van der Waals surface area contributed by atoms with Crippen LogP contribution < -0.4 is 11.0 Å². The zero-order valence-electron chi connectivity index (χ0n) is 12.0. The Labute approximate surface area is 122 Å². The predicted molar refractivity (Wildman–Crippen MR) is 79.8 cm³/mol. The lowest BCUT2D eigenvalue weighted by atomic mass is 10.3. The van der Waals surface area contributed by atoms with Crippen LogP contribution in [0.5, 0.6) is 0 Å². The molecular weight excluding hydrogens is 292 g/mol. The van der Waals surface area contributed by atoms with Crippen LogP contribution in [-0.2, 0) is 24.1 Å². The number of aromatic nitrogens is 2. The Bertz CT molecular complexity index is 844. The average Bonchev–Trinajstić information content (AvgIpc) is 2.72. The Hall–Kier alpha value is -1.64. The van der Waals surface area contributed by atoms with E-state index in [4.69, 9.17) is 0 Å². The van der Waals surface area contributed by atoms with E-state index in [0.717, 1.165) is 5.52 Å². The molecule has 0 amide bonds. The molecular formula is C13H18N4O3S. The standard InChI is InChI=1S/C13H18N4O3S/c1-15-11-4-3-10(9-12(11)16(2)13(15)18)21(19,20)17-7-5-14-6-8-17/h3-4,9,14H,5-8H2,1-2H3. The summed E-state index contributed by atoms with van der Waals surface area (Å²) in [5.41, 5.74) is 1.18. The highest BCUT2D eigenvalue weighted by Gasteiger charge is 2.26. The molecule has 3 rings (SSSR count). The van der Waals surface area contributed by atoms with Crippen LogP contribution in [0.15, 0.2) is 27.9 Å². The van der Waals surface area contributed by atoms with Gasteiger partial charge in [-0.2, -0.15) is 4.31 Å². The monoisotopic (exact) mass is 310 g/mol. The van der Waals surface area contributed by atoms with Crippen molar-refractivity contribution in [1.29, 1.82) is 0 Å². The molecule has 0 radical (unpaired) electrons. The van der Waals surface area contributed by atoms with Crippen LogP contribution in [-0.4, -0.2) is 48.0 Å². The van der Waals surface area contributed by atoms with Crippen LogP contribution in [0.1, 0.15) is 0 Å². The van der Waals surface area contributed by atoms with Crippen LogP contribution in [0, 0.1) is 0 Å². The van der Waals surface area contributed by atoms with Crippen LogP contribution >= 0.6 is 0 Å². The highest BCUT2D eigenvalue weighted by Crippen LogP contribution is 2.21. The van der Waals surface area contributed by atoms with E-state index in [-0.39, 0.29) is 10.6 Å². The van der Waals surface area contributed by atoms with Crippen LogP contribution in [0.25, 0.3) is 11.0 Å². The van der Waals surface area contributed by atoms with Crippen molar-refractivity contribution in [3.8, 4) is 0 Å². The zero-order chi connectivity index (χ0) is 15.2. The van der Waals surface area contributed by atoms with E-state index >= 15 is 0 Å². The zero-order valence-corrected chi connectivity index (χ0v) is 12.9. The third kappa shape index (κ3) is 2.19. The molecule has 0 spiro atoms. The minimum atomic E-state index is -3.51. The number of hydrogen-bond donors (Lipinski definition) is 1. The van der Waals surface area contributed by atoms with E-state index in [0.29, 0.717) is 31.7 Å². The van der Waals surface area contributed by atoms with Gasteiger partial charge < -0.3 is 5.32 Å². The number of imidazole rings is 1. The Kier molecular flexibility index (Phi) is 3.39. The molecule has 0 saturated carbocycles. The van der Waals surface area contributed by atoms with Gasteiger partial charge in [-0.25, -0.2) is 13.2 Å². The highest BCUT2D eigenvalue weighted by molar-refractivity contribution is 7.89. The first-order chi connectivity index (χ1) is 9.93. The van der Waals surface area contributed by atoms with Gasteiger partial charge in [0, 0.05) is 40.3 Å². The van der Waals surface area contributed by atoms with E-state index < -0.39 is 10.0 Å². The second-order valence-electron chi connectivity index (χ2n) is 5.21. The topological polar surface area (TPSA) is 76.3 Å². The first-order valence-corrected chi connectivity index (χ1v) is 8.23. The molecule has 1 saturated heterocycles. The van der Waals surface area contributed by atoms with Gasteiger partial charge in [-0.05, 0) is 18.2 Å². The second kappa shape index (κ2) is 4.97. The maximum atomic E-state index is 12.6. The van der Waals surface area contributed by atoms with Crippen molar-refractivity contribution in [3.05, 3.63) is 28.7 Å². The maximum absolute atomic E-state index is 12.6. The van der Waals surface area contributed by atoms with Gasteiger partial charge in [-0.3, -0.25) is 9.13 Å². The fraction of sp³-hybridized carbons (Fsp3) is 0.462. The Morgan fingerprint density at radius 2 is 1.67 bits per heavy atom. The first-order valence-electron chi connectivity index (χ1n) is 6.79. The minimum Gasteiger partial charge on any atom is -0.314 e. The van der Waals surface area contributed by atoms with Crippen LogP contribution in [0.4, 0.5) is 0 Å². The number of nitrogens with zero attached hydrogens (tertiary/aromatic N) is 3. The minimum absolute atomic E-state index is 0.165. The Morgan fingerprint density at radius 1 is 1.05 bits per heavy atom. The summed E-state index contributed by atoms with van der Waals surface area (Å²) in [6, 6.07) is 4.83. The summed E-state index contributed by atoms with van der Waals surface area (Å²) in [4.78, 5) is 12.1. The van der Waals surface area contributed by atoms with Gasteiger partial charge in [0.1, 0.15) is 0 Å². The SMILES string of the molecule is Cn1c(=O)n(C)c2cc(S(=O)(=O)N3CCNCC3)ccc21. The predicted octanol–water partition coefficient (Wildman–Crippen LogP) is -0.529. The molecule has 7 nitrogen and oxygen atoms in total. The van der Waals surface area contributed by atoms with Crippen LogP contribution in [0.2, 0.25) is 0 Å². The van der Waals surface area contributed by atoms with Crippen molar-refractivity contribution in [2.24, 2.45) is 14.1 Å². The van der Waals surface area contributed by atoms with Gasteiger partial charge in [0.25, 0.3) is 0 Å². The number of nitrogens with one attached hydrogen (secondary N) is 1. The molecule has 1 aliphatic rings. The van der Waals surface area contributed by atoms with Crippen molar-refractivity contribution in [3.63, 3.8) is 0 Å². The number of piperazine rings is 1. The van der Waals surface area contributed by atoms with Crippen molar-refractivity contribution in [2.45, 2.75) is 4.90 Å². The fourth-order valence-corrected chi connectivity index (χ4v) is 4.14. The molecule has 0 aliphatic carbocycles. The molecule has 2 aromatic rings. The first kappa shape index (κ1) is 14.3. The van der Waals surface area contributed by atoms with Gasteiger partial charge in [0.05, 0.1) is 15.9 Å². The summed E-state index contributed by atoms with van der Waals surface area (Å²) < 4.78 is 29.7. The summed E-state index contributed by atoms with van der Waals surface area (Å²) in [7, 11) is -0.185. The number of aryl methyl sites for hydroxylation is 2. The van der Waals surface area contributed by atoms with E-state index in [1.807, 2.05) is 0 Å². The number of rotatable bonds is 2. The third-order valence-corrected chi connectivity index (χ3v) is 5.85. The molecule has 1 aromatic heterocycles. The molecule has 2 heterocycles. The van der Waals surface area contributed by atoms with Gasteiger partial charge in [-0.15, -0.1) is 0 Å². The van der Waals surface area contributed by atoms with E-state index in [1.165, 1.54) is 13.4 Å².